The highest BCUT2D eigenvalue weighted by molar-refractivity contribution is 5.72. The smallest absolute Gasteiger partial charge is 0.407 e. The normalized spacial score (nSPS) is 11.2. The van der Waals surface area contributed by atoms with Crippen LogP contribution in [-0.2, 0) is 0 Å². The summed E-state index contributed by atoms with van der Waals surface area (Å²) in [5.74, 6) is 0. The van der Waals surface area contributed by atoms with E-state index in [-0.39, 0.29) is 6.08 Å². The maximum atomic E-state index is 5.22. The number of hydrogen-bond donors (Lipinski definition) is 0. The highest BCUT2D eigenvalue weighted by Gasteiger charge is 2.04. The lowest BCUT2D eigenvalue weighted by atomic mass is 10.3. The molecule has 1 aromatic carbocycles. The number of hydrogen-bond acceptors (Lipinski definition) is 4. The Balaban J connectivity index is 2.38. The maximum absolute atomic E-state index is 5.22. The zero-order chi connectivity index (χ0) is 9.10. The fourth-order valence-electron chi connectivity index (χ4n) is 0.988. The molecule has 0 atom stereocenters. The first kappa shape index (κ1) is 7.79. The molecule has 0 bridgehead atoms. The molecule has 4 nitrogen and oxygen atoms in total. The van der Waals surface area contributed by atoms with Gasteiger partial charge in [0.25, 0.3) is 0 Å². The summed E-state index contributed by atoms with van der Waals surface area (Å²) in [7, 11) is 0. The van der Waals surface area contributed by atoms with E-state index in [1.807, 2.05) is 24.3 Å². The minimum Gasteiger partial charge on any atom is -0.407 e. The molecule has 0 aliphatic carbocycles. The van der Waals surface area contributed by atoms with Gasteiger partial charge in [-0.05, 0) is 19.1 Å². The van der Waals surface area contributed by atoms with E-state index in [1.165, 1.54) is 6.21 Å². The van der Waals surface area contributed by atoms with E-state index in [0.717, 1.165) is 5.52 Å². The van der Waals surface area contributed by atoms with Crippen molar-refractivity contribution in [3.05, 3.63) is 24.3 Å². The van der Waals surface area contributed by atoms with Gasteiger partial charge in [0.15, 0.2) is 5.58 Å². The predicted octanol–water partition coefficient (Wildman–Crippen LogP) is 2.21. The van der Waals surface area contributed by atoms with Crippen molar-refractivity contribution in [1.29, 1.82) is 0 Å². The second kappa shape index (κ2) is 3.26. The Morgan fingerprint density at radius 2 is 2.31 bits per heavy atom. The average Bonchev–Trinajstić information content (AvgIpc) is 2.57. The van der Waals surface area contributed by atoms with Crippen LogP contribution < -0.4 is 4.84 Å². The number of para-hydroxylation sites is 2. The zero-order valence-electron chi connectivity index (χ0n) is 7.10. The highest BCUT2D eigenvalue weighted by atomic mass is 16.7. The van der Waals surface area contributed by atoms with Gasteiger partial charge in [0, 0.05) is 6.21 Å². The molecule has 2 rings (SSSR count). The van der Waals surface area contributed by atoms with Crippen LogP contribution in [0.1, 0.15) is 6.92 Å². The molecule has 1 heterocycles. The Labute approximate surface area is 74.8 Å². The van der Waals surface area contributed by atoms with Gasteiger partial charge in [-0.3, -0.25) is 4.84 Å². The number of aromatic nitrogens is 1. The van der Waals surface area contributed by atoms with Gasteiger partial charge in [0.2, 0.25) is 0 Å². The number of fused-ring (bicyclic) bond motifs is 1. The van der Waals surface area contributed by atoms with Gasteiger partial charge < -0.3 is 4.42 Å². The van der Waals surface area contributed by atoms with Crippen LogP contribution in [0.2, 0.25) is 0 Å². The minimum atomic E-state index is 0.166. The lowest BCUT2D eigenvalue weighted by Gasteiger charge is -1.85. The third-order valence-corrected chi connectivity index (χ3v) is 1.51. The first-order chi connectivity index (χ1) is 6.40. The molecular formula is C9H8N2O2. The number of nitrogens with zero attached hydrogens (tertiary/aromatic N) is 2. The average molecular weight is 176 g/mol. The molecule has 0 aliphatic heterocycles. The van der Waals surface area contributed by atoms with Crippen LogP contribution in [0, 0.1) is 0 Å². The maximum Gasteiger partial charge on any atom is 0.421 e. The Bertz CT molecular complexity index is 401. The molecular weight excluding hydrogens is 168 g/mol. The number of oxazole rings is 1. The summed E-state index contributed by atoms with van der Waals surface area (Å²) < 4.78 is 5.22. The third kappa shape index (κ3) is 1.51. The van der Waals surface area contributed by atoms with Crippen molar-refractivity contribution in [3.63, 3.8) is 0 Å². The van der Waals surface area contributed by atoms with E-state index < -0.39 is 0 Å². The molecule has 0 spiro atoms. The van der Waals surface area contributed by atoms with E-state index in [4.69, 9.17) is 9.25 Å². The number of rotatable bonds is 2. The molecule has 0 unspecified atom stereocenters. The summed E-state index contributed by atoms with van der Waals surface area (Å²) in [6.45, 7) is 1.75. The molecule has 0 aliphatic rings. The molecule has 0 fully saturated rings. The summed E-state index contributed by atoms with van der Waals surface area (Å²) in [5, 5.41) is 3.56. The van der Waals surface area contributed by atoms with Gasteiger partial charge in [-0.25, -0.2) is 0 Å². The van der Waals surface area contributed by atoms with Crippen molar-refractivity contribution in [1.82, 2.24) is 4.98 Å². The number of benzene rings is 1. The summed E-state index contributed by atoms with van der Waals surface area (Å²) in [5.41, 5.74) is 1.47. The van der Waals surface area contributed by atoms with Crippen molar-refractivity contribution in [2.75, 3.05) is 0 Å². The third-order valence-electron chi connectivity index (χ3n) is 1.51. The predicted molar refractivity (Wildman–Crippen MR) is 48.8 cm³/mol. The summed E-state index contributed by atoms with van der Waals surface area (Å²) in [4.78, 5) is 8.88. The van der Waals surface area contributed by atoms with Crippen LogP contribution in [0.4, 0.5) is 0 Å². The topological polar surface area (TPSA) is 47.6 Å². The van der Waals surface area contributed by atoms with E-state index >= 15 is 0 Å². The molecule has 0 amide bonds. The first-order valence-electron chi connectivity index (χ1n) is 3.91. The Kier molecular flexibility index (Phi) is 1.96. The SMILES string of the molecule is C/C=N/Oc1nc2ccccc2o1. The van der Waals surface area contributed by atoms with Crippen molar-refractivity contribution >= 4 is 17.3 Å². The van der Waals surface area contributed by atoms with Gasteiger partial charge >= 0.3 is 6.08 Å². The van der Waals surface area contributed by atoms with Crippen molar-refractivity contribution in [2.45, 2.75) is 6.92 Å². The van der Waals surface area contributed by atoms with Crippen LogP contribution in [0.3, 0.4) is 0 Å². The lowest BCUT2D eigenvalue weighted by Crippen LogP contribution is -1.80. The van der Waals surface area contributed by atoms with Crippen LogP contribution in [0.15, 0.2) is 33.8 Å². The molecule has 0 saturated carbocycles. The zero-order valence-corrected chi connectivity index (χ0v) is 7.10. The molecule has 2 aromatic rings. The molecule has 4 heteroatoms. The Hall–Kier alpha value is -1.84. The van der Waals surface area contributed by atoms with Gasteiger partial charge in [0.05, 0.1) is 0 Å². The second-order valence-electron chi connectivity index (χ2n) is 2.40. The molecule has 0 saturated heterocycles. The van der Waals surface area contributed by atoms with Crippen LogP contribution in [0.5, 0.6) is 6.08 Å². The fourth-order valence-corrected chi connectivity index (χ4v) is 0.988. The van der Waals surface area contributed by atoms with Crippen LogP contribution in [-0.4, -0.2) is 11.2 Å². The molecule has 66 valence electrons. The highest BCUT2D eigenvalue weighted by Crippen LogP contribution is 2.19. The lowest BCUT2D eigenvalue weighted by molar-refractivity contribution is 0.251. The first-order valence-corrected chi connectivity index (χ1v) is 3.91. The van der Waals surface area contributed by atoms with E-state index in [2.05, 4.69) is 10.1 Å². The summed E-state index contributed by atoms with van der Waals surface area (Å²) in [6, 6.07) is 7.43. The van der Waals surface area contributed by atoms with Gasteiger partial charge in [-0.1, -0.05) is 17.3 Å². The van der Waals surface area contributed by atoms with Gasteiger partial charge in [-0.2, -0.15) is 4.98 Å². The van der Waals surface area contributed by atoms with E-state index in [1.54, 1.807) is 6.92 Å². The van der Waals surface area contributed by atoms with Gasteiger partial charge in [-0.15, -0.1) is 0 Å². The van der Waals surface area contributed by atoms with Crippen molar-refractivity contribution in [2.24, 2.45) is 5.16 Å². The van der Waals surface area contributed by atoms with E-state index in [0.29, 0.717) is 5.58 Å². The van der Waals surface area contributed by atoms with Crippen molar-refractivity contribution < 1.29 is 9.25 Å². The Morgan fingerprint density at radius 1 is 1.46 bits per heavy atom. The fraction of sp³-hybridized carbons (Fsp3) is 0.111. The van der Waals surface area contributed by atoms with Crippen LogP contribution >= 0.6 is 0 Å². The molecule has 1 aromatic heterocycles. The monoisotopic (exact) mass is 176 g/mol. The van der Waals surface area contributed by atoms with E-state index in [9.17, 15) is 0 Å². The van der Waals surface area contributed by atoms with Crippen molar-refractivity contribution in [3.8, 4) is 6.08 Å². The van der Waals surface area contributed by atoms with Crippen LogP contribution in [0.25, 0.3) is 11.1 Å². The van der Waals surface area contributed by atoms with Gasteiger partial charge in [0.1, 0.15) is 5.52 Å². The number of oxime groups is 1. The standard InChI is InChI=1S/C9H8N2O2/c1-2-10-13-9-11-7-5-3-4-6-8(7)12-9/h2-6H,1H3/b10-2+. The largest absolute Gasteiger partial charge is 0.421 e. The molecule has 0 N–H and O–H groups in total. The summed E-state index contributed by atoms with van der Waals surface area (Å²) in [6.07, 6.45) is 1.69. The molecule has 0 radical (unpaired) electrons. The Morgan fingerprint density at radius 3 is 3.08 bits per heavy atom. The summed E-state index contributed by atoms with van der Waals surface area (Å²) >= 11 is 0. The molecule has 13 heavy (non-hydrogen) atoms. The second-order valence-corrected chi connectivity index (χ2v) is 2.40. The quantitative estimate of drug-likeness (QED) is 0.520. The minimum absolute atomic E-state index is 0.166.